The van der Waals surface area contributed by atoms with Gasteiger partial charge in [-0.1, -0.05) is 6.42 Å². The van der Waals surface area contributed by atoms with Gasteiger partial charge in [-0.2, -0.15) is 0 Å². The lowest BCUT2D eigenvalue weighted by molar-refractivity contribution is 0.0697. The van der Waals surface area contributed by atoms with Crippen LogP contribution in [-0.4, -0.2) is 47.2 Å². The average Bonchev–Trinajstić information content (AvgIpc) is 3.18. The fourth-order valence-electron chi connectivity index (χ4n) is 3.16. The monoisotopic (exact) mass is 310 g/mol. The maximum Gasteiger partial charge on any atom is 0.265 e. The van der Waals surface area contributed by atoms with Crippen LogP contribution in [0.15, 0.2) is 6.20 Å². The highest BCUT2D eigenvalue weighted by Crippen LogP contribution is 2.32. The van der Waals surface area contributed by atoms with Crippen LogP contribution in [0.2, 0.25) is 0 Å². The van der Waals surface area contributed by atoms with Crippen molar-refractivity contribution < 1.29 is 14.6 Å². The summed E-state index contributed by atoms with van der Waals surface area (Å²) in [4.78, 5) is 19.2. The number of thiazole rings is 1. The van der Waals surface area contributed by atoms with Crippen molar-refractivity contribution in [3.63, 3.8) is 0 Å². The minimum absolute atomic E-state index is 0.00385. The Morgan fingerprint density at radius 3 is 3.00 bits per heavy atom. The Balaban J connectivity index is 1.61. The molecule has 3 rings (SSSR count). The molecule has 1 N–H and O–H groups in total. The molecular formula is C15H22N2O3S. The fourth-order valence-corrected chi connectivity index (χ4v) is 4.16. The van der Waals surface area contributed by atoms with Crippen molar-refractivity contribution in [2.24, 2.45) is 5.92 Å². The maximum absolute atomic E-state index is 12.4. The first-order chi connectivity index (χ1) is 10.1. The zero-order valence-corrected chi connectivity index (χ0v) is 13.1. The van der Waals surface area contributed by atoms with Gasteiger partial charge in [0.1, 0.15) is 16.0 Å². The molecule has 2 heterocycles. The number of hydrogen-bond acceptors (Lipinski definition) is 5. The second kappa shape index (κ2) is 6.42. The summed E-state index contributed by atoms with van der Waals surface area (Å²) in [6, 6.07) is 0. The molecule has 6 heteroatoms. The quantitative estimate of drug-likeness (QED) is 0.926. The molecule has 1 aromatic rings. The molecule has 1 amide bonds. The average molecular weight is 310 g/mol. The van der Waals surface area contributed by atoms with Crippen LogP contribution >= 0.6 is 11.3 Å². The van der Waals surface area contributed by atoms with Crippen molar-refractivity contribution in [1.82, 2.24) is 9.88 Å². The number of aromatic nitrogens is 1. The van der Waals surface area contributed by atoms with Crippen molar-refractivity contribution in [3.05, 3.63) is 16.1 Å². The molecule has 0 aromatic carbocycles. The summed E-state index contributed by atoms with van der Waals surface area (Å²) in [5, 5.41) is 10.8. The lowest BCUT2D eigenvalue weighted by Gasteiger charge is -2.22. The summed E-state index contributed by atoms with van der Waals surface area (Å²) < 4.78 is 5.60. The van der Waals surface area contributed by atoms with Crippen LogP contribution in [0.1, 0.15) is 52.9 Å². The first-order valence-corrected chi connectivity index (χ1v) is 8.47. The van der Waals surface area contributed by atoms with Gasteiger partial charge in [0.05, 0.1) is 12.3 Å². The molecule has 2 fully saturated rings. The summed E-state index contributed by atoms with van der Waals surface area (Å²) >= 11 is 1.44. The van der Waals surface area contributed by atoms with Crippen LogP contribution in [-0.2, 0) is 4.74 Å². The van der Waals surface area contributed by atoms with Gasteiger partial charge in [0.15, 0.2) is 0 Å². The molecule has 1 saturated heterocycles. The van der Waals surface area contributed by atoms with Gasteiger partial charge >= 0.3 is 0 Å². The molecule has 21 heavy (non-hydrogen) atoms. The normalized spacial score (nSPS) is 29.0. The molecular weight excluding hydrogens is 288 g/mol. The van der Waals surface area contributed by atoms with E-state index >= 15 is 0 Å². The highest BCUT2D eigenvalue weighted by atomic mass is 32.1. The van der Waals surface area contributed by atoms with E-state index in [1.165, 1.54) is 11.3 Å². The predicted octanol–water partition coefficient (Wildman–Crippen LogP) is 2.23. The minimum atomic E-state index is -0.260. The van der Waals surface area contributed by atoms with E-state index in [0.717, 1.165) is 43.7 Å². The van der Waals surface area contributed by atoms with Gasteiger partial charge in [0.25, 0.3) is 5.91 Å². The molecule has 1 aliphatic heterocycles. The zero-order chi connectivity index (χ0) is 14.8. The number of carbonyl (C=O) groups excluding carboxylic acids is 1. The number of aliphatic hydroxyl groups is 1. The van der Waals surface area contributed by atoms with Crippen molar-refractivity contribution >= 4 is 17.2 Å². The predicted molar refractivity (Wildman–Crippen MR) is 80.3 cm³/mol. The summed E-state index contributed by atoms with van der Waals surface area (Å²) in [6.45, 7) is 1.40. The van der Waals surface area contributed by atoms with Gasteiger partial charge in [0.2, 0.25) is 0 Å². The molecule has 116 valence electrons. The minimum Gasteiger partial charge on any atom is -0.393 e. The Morgan fingerprint density at radius 1 is 1.48 bits per heavy atom. The molecule has 3 atom stereocenters. The third-order valence-corrected chi connectivity index (χ3v) is 5.49. The third kappa shape index (κ3) is 3.27. The molecule has 1 saturated carbocycles. The Morgan fingerprint density at radius 2 is 2.33 bits per heavy atom. The highest BCUT2D eigenvalue weighted by molar-refractivity contribution is 7.13. The number of nitrogens with zero attached hydrogens (tertiary/aromatic N) is 2. The molecule has 0 radical (unpaired) electrons. The smallest absolute Gasteiger partial charge is 0.265 e. The van der Waals surface area contributed by atoms with Gasteiger partial charge in [-0.25, -0.2) is 4.98 Å². The molecule has 1 aliphatic carbocycles. The van der Waals surface area contributed by atoms with E-state index in [9.17, 15) is 9.90 Å². The Labute approximate surface area is 128 Å². The SMILES string of the molecule is CN(CC1CCCC1O)C(=O)c1cnc(C2CCCO2)s1. The number of ether oxygens (including phenoxy) is 1. The number of carbonyl (C=O) groups is 1. The van der Waals surface area contributed by atoms with Gasteiger partial charge < -0.3 is 14.7 Å². The van der Waals surface area contributed by atoms with E-state index in [0.29, 0.717) is 11.4 Å². The van der Waals surface area contributed by atoms with Crippen molar-refractivity contribution in [2.45, 2.75) is 44.3 Å². The van der Waals surface area contributed by atoms with E-state index < -0.39 is 0 Å². The van der Waals surface area contributed by atoms with Crippen LogP contribution in [0, 0.1) is 5.92 Å². The molecule has 0 spiro atoms. The van der Waals surface area contributed by atoms with Gasteiger partial charge in [0, 0.05) is 26.1 Å². The van der Waals surface area contributed by atoms with Crippen LogP contribution < -0.4 is 0 Å². The van der Waals surface area contributed by atoms with Crippen LogP contribution in [0.5, 0.6) is 0 Å². The first kappa shape index (κ1) is 14.9. The number of hydrogen-bond donors (Lipinski definition) is 1. The van der Waals surface area contributed by atoms with Gasteiger partial charge in [-0.3, -0.25) is 4.79 Å². The highest BCUT2D eigenvalue weighted by Gasteiger charge is 2.29. The van der Waals surface area contributed by atoms with E-state index in [-0.39, 0.29) is 24.0 Å². The second-order valence-electron chi connectivity index (χ2n) is 6.01. The molecule has 2 aliphatic rings. The molecule has 5 nitrogen and oxygen atoms in total. The van der Waals surface area contributed by atoms with Crippen molar-refractivity contribution in [2.75, 3.05) is 20.2 Å². The van der Waals surface area contributed by atoms with Crippen LogP contribution in [0.4, 0.5) is 0 Å². The summed E-state index contributed by atoms with van der Waals surface area (Å²) in [5.74, 6) is 0.209. The van der Waals surface area contributed by atoms with Crippen LogP contribution in [0.3, 0.4) is 0 Å². The standard InChI is InChI=1S/C15H22N2O3S/c1-17(9-10-4-2-5-11(10)18)15(19)13-8-16-14(21-13)12-6-3-7-20-12/h8,10-12,18H,2-7,9H2,1H3. The fraction of sp³-hybridized carbons (Fsp3) is 0.733. The number of rotatable bonds is 4. The van der Waals surface area contributed by atoms with Gasteiger partial charge in [-0.15, -0.1) is 11.3 Å². The second-order valence-corrected chi connectivity index (χ2v) is 7.07. The van der Waals surface area contributed by atoms with Crippen LogP contribution in [0.25, 0.3) is 0 Å². The summed E-state index contributed by atoms with van der Waals surface area (Å²) in [7, 11) is 1.80. The zero-order valence-electron chi connectivity index (χ0n) is 12.3. The van der Waals surface area contributed by atoms with E-state index in [1.54, 1.807) is 18.1 Å². The van der Waals surface area contributed by atoms with E-state index in [1.807, 2.05) is 0 Å². The summed E-state index contributed by atoms with van der Waals surface area (Å²) in [5.41, 5.74) is 0. The van der Waals surface area contributed by atoms with E-state index in [2.05, 4.69) is 4.98 Å². The maximum atomic E-state index is 12.4. The Hall–Kier alpha value is -0.980. The molecule has 1 aromatic heterocycles. The van der Waals surface area contributed by atoms with Crippen molar-refractivity contribution in [3.8, 4) is 0 Å². The lowest BCUT2D eigenvalue weighted by Crippen LogP contribution is -2.34. The first-order valence-electron chi connectivity index (χ1n) is 7.66. The van der Waals surface area contributed by atoms with E-state index in [4.69, 9.17) is 4.74 Å². The third-order valence-electron chi connectivity index (χ3n) is 4.41. The summed E-state index contributed by atoms with van der Waals surface area (Å²) in [6.07, 6.45) is 6.43. The number of amides is 1. The number of aliphatic hydroxyl groups excluding tert-OH is 1. The Kier molecular flexibility index (Phi) is 4.57. The molecule has 3 unspecified atom stereocenters. The molecule has 0 bridgehead atoms. The lowest BCUT2D eigenvalue weighted by atomic mass is 10.1. The Bertz CT molecular complexity index is 499. The van der Waals surface area contributed by atoms with Crippen molar-refractivity contribution in [1.29, 1.82) is 0 Å². The van der Waals surface area contributed by atoms with Gasteiger partial charge in [-0.05, 0) is 25.7 Å². The topological polar surface area (TPSA) is 62.7 Å². The largest absolute Gasteiger partial charge is 0.393 e.